The smallest absolute Gasteiger partial charge is 0.223 e. The van der Waals surface area contributed by atoms with Crippen molar-refractivity contribution in [2.75, 3.05) is 23.8 Å². The van der Waals surface area contributed by atoms with Gasteiger partial charge in [-0.05, 0) is 25.3 Å². The Morgan fingerprint density at radius 3 is 2.86 bits per heavy atom. The van der Waals surface area contributed by atoms with E-state index in [1.807, 2.05) is 12.3 Å². The normalized spacial score (nSPS) is 27.6. The van der Waals surface area contributed by atoms with Crippen LogP contribution in [0.4, 0.5) is 11.8 Å². The van der Waals surface area contributed by atoms with E-state index in [0.29, 0.717) is 30.7 Å². The monoisotopic (exact) mass is 300 g/mol. The molecule has 3 heterocycles. The summed E-state index contributed by atoms with van der Waals surface area (Å²) in [6, 6.07) is 2.91. The Hall–Kier alpha value is -1.99. The Morgan fingerprint density at radius 1 is 1.18 bits per heavy atom. The number of nitrogens with zero attached hydrogens (tertiary/aromatic N) is 3. The van der Waals surface area contributed by atoms with Crippen molar-refractivity contribution in [3.05, 3.63) is 18.5 Å². The van der Waals surface area contributed by atoms with Crippen molar-refractivity contribution in [1.29, 1.82) is 0 Å². The van der Waals surface area contributed by atoms with Crippen LogP contribution in [0.15, 0.2) is 18.5 Å². The van der Waals surface area contributed by atoms with Gasteiger partial charge in [-0.3, -0.25) is 0 Å². The number of nitrogens with two attached hydrogens (primary N) is 1. The van der Waals surface area contributed by atoms with Gasteiger partial charge < -0.3 is 21.1 Å². The first-order valence-electron chi connectivity index (χ1n) is 7.76. The standard InChI is InChI=1S/C15H20N6O/c16-10-5-12(6-10)20-15-18-7-9-1-3-17-14(13(9)21-15)19-11-2-4-22-8-11/h1,3,7,10-12H,2,4-6,8,16H2,(H,17,19)(H,18,20,21). The van der Waals surface area contributed by atoms with Gasteiger partial charge in [0.2, 0.25) is 5.95 Å². The van der Waals surface area contributed by atoms with Crippen LogP contribution in [0.2, 0.25) is 0 Å². The molecule has 0 bridgehead atoms. The maximum Gasteiger partial charge on any atom is 0.223 e. The Bertz CT molecular complexity index is 666. The van der Waals surface area contributed by atoms with Gasteiger partial charge in [0.1, 0.15) is 5.52 Å². The molecule has 1 atom stereocenters. The average Bonchev–Trinajstić information content (AvgIpc) is 2.99. The zero-order valence-corrected chi connectivity index (χ0v) is 12.3. The van der Waals surface area contributed by atoms with E-state index in [9.17, 15) is 0 Å². The number of aromatic nitrogens is 3. The van der Waals surface area contributed by atoms with Crippen LogP contribution < -0.4 is 16.4 Å². The van der Waals surface area contributed by atoms with Crippen LogP contribution in [0.25, 0.3) is 10.9 Å². The van der Waals surface area contributed by atoms with Crippen LogP contribution in [0, 0.1) is 0 Å². The quantitative estimate of drug-likeness (QED) is 0.778. The third-order valence-corrected chi connectivity index (χ3v) is 4.28. The zero-order chi connectivity index (χ0) is 14.9. The summed E-state index contributed by atoms with van der Waals surface area (Å²) < 4.78 is 5.40. The minimum absolute atomic E-state index is 0.300. The molecule has 4 rings (SSSR count). The van der Waals surface area contributed by atoms with Gasteiger partial charge in [0.25, 0.3) is 0 Å². The fourth-order valence-electron chi connectivity index (χ4n) is 2.94. The summed E-state index contributed by atoms with van der Waals surface area (Å²) in [6.07, 6.45) is 6.55. The Balaban J connectivity index is 1.58. The summed E-state index contributed by atoms with van der Waals surface area (Å²) in [5.41, 5.74) is 6.66. The highest BCUT2D eigenvalue weighted by molar-refractivity contribution is 5.88. The molecule has 0 amide bonds. The van der Waals surface area contributed by atoms with Crippen molar-refractivity contribution in [3.63, 3.8) is 0 Å². The molecule has 116 valence electrons. The number of rotatable bonds is 4. The highest BCUT2D eigenvalue weighted by atomic mass is 16.5. The first-order chi connectivity index (χ1) is 10.8. The third-order valence-electron chi connectivity index (χ3n) is 4.28. The van der Waals surface area contributed by atoms with Crippen molar-refractivity contribution in [2.45, 2.75) is 37.4 Å². The number of hydrogen-bond acceptors (Lipinski definition) is 7. The van der Waals surface area contributed by atoms with Crippen molar-refractivity contribution in [1.82, 2.24) is 15.0 Å². The molecule has 1 aliphatic carbocycles. The lowest BCUT2D eigenvalue weighted by atomic mass is 9.88. The Labute approximate surface area is 128 Å². The average molecular weight is 300 g/mol. The van der Waals surface area contributed by atoms with Gasteiger partial charge in [0.05, 0.1) is 12.6 Å². The van der Waals surface area contributed by atoms with E-state index in [0.717, 1.165) is 42.6 Å². The molecule has 7 nitrogen and oxygen atoms in total. The van der Waals surface area contributed by atoms with E-state index in [-0.39, 0.29) is 0 Å². The topological polar surface area (TPSA) is 98.0 Å². The summed E-state index contributed by atoms with van der Waals surface area (Å²) in [5.74, 6) is 1.44. The molecule has 1 aliphatic heterocycles. The van der Waals surface area contributed by atoms with E-state index >= 15 is 0 Å². The lowest BCUT2D eigenvalue weighted by Gasteiger charge is -2.32. The van der Waals surface area contributed by atoms with Crippen LogP contribution in [-0.2, 0) is 4.74 Å². The molecule has 7 heteroatoms. The summed E-state index contributed by atoms with van der Waals surface area (Å²) in [7, 11) is 0. The molecular weight excluding hydrogens is 280 g/mol. The number of nitrogens with one attached hydrogen (secondary N) is 2. The second-order valence-electron chi connectivity index (χ2n) is 6.07. The highest BCUT2D eigenvalue weighted by Gasteiger charge is 2.26. The van der Waals surface area contributed by atoms with E-state index in [1.54, 1.807) is 6.20 Å². The first-order valence-corrected chi connectivity index (χ1v) is 7.76. The molecule has 22 heavy (non-hydrogen) atoms. The molecule has 2 aliphatic rings. The summed E-state index contributed by atoms with van der Waals surface area (Å²) >= 11 is 0. The number of fused-ring (bicyclic) bond motifs is 1. The molecule has 0 radical (unpaired) electrons. The molecule has 4 N–H and O–H groups in total. The first kappa shape index (κ1) is 13.7. The van der Waals surface area contributed by atoms with Gasteiger partial charge in [-0.15, -0.1) is 0 Å². The number of anilines is 2. The van der Waals surface area contributed by atoms with Gasteiger partial charge in [-0.1, -0.05) is 0 Å². The fourth-order valence-corrected chi connectivity index (χ4v) is 2.94. The lowest BCUT2D eigenvalue weighted by molar-refractivity contribution is 0.195. The van der Waals surface area contributed by atoms with Crippen LogP contribution >= 0.6 is 0 Å². The van der Waals surface area contributed by atoms with Crippen molar-refractivity contribution in [2.24, 2.45) is 5.73 Å². The summed E-state index contributed by atoms with van der Waals surface area (Å²) in [5, 5.41) is 7.74. The minimum Gasteiger partial charge on any atom is -0.379 e. The SMILES string of the molecule is NC1CC(Nc2ncc3ccnc(NC4CCOC4)c3n2)C1. The van der Waals surface area contributed by atoms with Gasteiger partial charge in [0.15, 0.2) is 5.82 Å². The van der Waals surface area contributed by atoms with Crippen LogP contribution in [0.5, 0.6) is 0 Å². The van der Waals surface area contributed by atoms with E-state index in [4.69, 9.17) is 10.5 Å². The van der Waals surface area contributed by atoms with E-state index in [1.165, 1.54) is 0 Å². The molecule has 2 aromatic rings. The molecule has 2 aromatic heterocycles. The zero-order valence-electron chi connectivity index (χ0n) is 12.3. The summed E-state index contributed by atoms with van der Waals surface area (Å²) in [4.78, 5) is 13.5. The predicted molar refractivity (Wildman–Crippen MR) is 84.8 cm³/mol. The molecule has 1 saturated heterocycles. The van der Waals surface area contributed by atoms with Crippen LogP contribution in [0.1, 0.15) is 19.3 Å². The van der Waals surface area contributed by atoms with E-state index in [2.05, 4.69) is 25.6 Å². The molecule has 1 unspecified atom stereocenters. The van der Waals surface area contributed by atoms with Crippen LogP contribution in [0.3, 0.4) is 0 Å². The maximum atomic E-state index is 5.82. The molecular formula is C15H20N6O. The maximum absolute atomic E-state index is 5.82. The van der Waals surface area contributed by atoms with Crippen molar-refractivity contribution < 1.29 is 4.74 Å². The fraction of sp³-hybridized carbons (Fsp3) is 0.533. The predicted octanol–water partition coefficient (Wildman–Crippen LogP) is 1.13. The molecule has 1 saturated carbocycles. The number of hydrogen-bond donors (Lipinski definition) is 3. The summed E-state index contributed by atoms with van der Waals surface area (Å²) in [6.45, 7) is 1.51. The Morgan fingerprint density at radius 2 is 2.09 bits per heavy atom. The molecule has 2 fully saturated rings. The molecule has 0 aromatic carbocycles. The van der Waals surface area contributed by atoms with Gasteiger partial charge >= 0.3 is 0 Å². The van der Waals surface area contributed by atoms with E-state index < -0.39 is 0 Å². The highest BCUT2D eigenvalue weighted by Crippen LogP contribution is 2.24. The van der Waals surface area contributed by atoms with Gasteiger partial charge in [0, 0.05) is 36.5 Å². The number of pyridine rings is 1. The number of ether oxygens (including phenoxy) is 1. The second kappa shape index (κ2) is 5.66. The van der Waals surface area contributed by atoms with Crippen LogP contribution in [-0.4, -0.2) is 46.3 Å². The van der Waals surface area contributed by atoms with Crippen molar-refractivity contribution in [3.8, 4) is 0 Å². The third kappa shape index (κ3) is 2.69. The second-order valence-corrected chi connectivity index (χ2v) is 6.07. The van der Waals surface area contributed by atoms with Gasteiger partial charge in [-0.25, -0.2) is 15.0 Å². The largest absolute Gasteiger partial charge is 0.379 e. The minimum atomic E-state index is 0.300. The Kier molecular flexibility index (Phi) is 3.51. The van der Waals surface area contributed by atoms with Crippen molar-refractivity contribution >= 4 is 22.7 Å². The lowest BCUT2D eigenvalue weighted by Crippen LogP contribution is -2.44. The van der Waals surface area contributed by atoms with Gasteiger partial charge in [-0.2, -0.15) is 0 Å². The molecule has 0 spiro atoms.